The number of hydrogen-bond donors (Lipinski definition) is 0. The molecule has 3 fully saturated rings. The van der Waals surface area contributed by atoms with Gasteiger partial charge in [-0.05, 0) is 48.8 Å². The number of carbonyl (C=O) groups excluding carboxylic acids is 2. The monoisotopic (exact) mass is 396 g/mol. The van der Waals surface area contributed by atoms with Gasteiger partial charge in [0.25, 0.3) is 0 Å². The number of carbonyl (C=O) groups is 2. The zero-order valence-corrected chi connectivity index (χ0v) is 17.6. The summed E-state index contributed by atoms with van der Waals surface area (Å²) in [6.07, 6.45) is 8.39. The normalized spacial score (nSPS) is 23.8. The molecule has 0 radical (unpaired) electrons. The third-order valence-corrected chi connectivity index (χ3v) is 6.75. The van der Waals surface area contributed by atoms with Crippen molar-refractivity contribution in [2.45, 2.75) is 33.1 Å². The fourth-order valence-electron chi connectivity index (χ4n) is 4.72. The van der Waals surface area contributed by atoms with Crippen LogP contribution in [0.15, 0.2) is 36.5 Å². The fraction of sp³-hybridized carbons (Fsp3) is 0.609. The van der Waals surface area contributed by atoms with Gasteiger partial charge < -0.3 is 14.7 Å². The Morgan fingerprint density at radius 2 is 1.79 bits per heavy atom. The van der Waals surface area contributed by atoms with Crippen molar-refractivity contribution in [2.75, 3.05) is 44.2 Å². The maximum Gasteiger partial charge on any atom is 0.246 e. The van der Waals surface area contributed by atoms with Gasteiger partial charge in [-0.15, -0.1) is 0 Å². The highest BCUT2D eigenvalue weighted by molar-refractivity contribution is 5.88. The Balaban J connectivity index is 1.26. The number of pyridine rings is 1. The van der Waals surface area contributed by atoms with Crippen molar-refractivity contribution in [1.29, 1.82) is 0 Å². The van der Waals surface area contributed by atoms with Gasteiger partial charge in [0.05, 0.1) is 0 Å². The number of aromatic nitrogens is 1. The van der Waals surface area contributed by atoms with Crippen LogP contribution in [0.3, 0.4) is 0 Å². The summed E-state index contributed by atoms with van der Waals surface area (Å²) < 4.78 is 0. The van der Waals surface area contributed by atoms with Crippen LogP contribution in [0.4, 0.5) is 5.82 Å². The minimum Gasteiger partial charge on any atom is -0.353 e. The van der Waals surface area contributed by atoms with Gasteiger partial charge in [0.2, 0.25) is 11.8 Å². The summed E-state index contributed by atoms with van der Waals surface area (Å²) in [5, 5.41) is 0. The number of piperazine rings is 1. The van der Waals surface area contributed by atoms with Crippen LogP contribution >= 0.6 is 0 Å². The van der Waals surface area contributed by atoms with Gasteiger partial charge in [-0.1, -0.05) is 26.0 Å². The van der Waals surface area contributed by atoms with E-state index in [1.165, 1.54) is 0 Å². The van der Waals surface area contributed by atoms with E-state index in [0.717, 1.165) is 64.3 Å². The second-order valence-corrected chi connectivity index (χ2v) is 9.05. The van der Waals surface area contributed by atoms with Crippen molar-refractivity contribution in [2.24, 2.45) is 17.3 Å². The van der Waals surface area contributed by atoms with Crippen molar-refractivity contribution in [3.05, 3.63) is 36.5 Å². The molecule has 3 heterocycles. The second kappa shape index (κ2) is 8.17. The van der Waals surface area contributed by atoms with Crippen molar-refractivity contribution >= 4 is 17.6 Å². The van der Waals surface area contributed by atoms with Crippen LogP contribution in [-0.2, 0) is 9.59 Å². The largest absolute Gasteiger partial charge is 0.353 e. The van der Waals surface area contributed by atoms with Crippen LogP contribution in [0.1, 0.15) is 33.1 Å². The average molecular weight is 397 g/mol. The van der Waals surface area contributed by atoms with Crippen LogP contribution in [-0.4, -0.2) is 65.9 Å². The number of amides is 2. The van der Waals surface area contributed by atoms with Gasteiger partial charge in [0.1, 0.15) is 5.82 Å². The zero-order valence-electron chi connectivity index (χ0n) is 17.6. The molecule has 29 heavy (non-hydrogen) atoms. The maximum absolute atomic E-state index is 13.1. The molecule has 156 valence electrons. The molecule has 0 bridgehead atoms. The lowest BCUT2D eigenvalue weighted by Gasteiger charge is -2.37. The molecule has 1 unspecified atom stereocenters. The summed E-state index contributed by atoms with van der Waals surface area (Å²) in [6.45, 7) is 8.92. The molecule has 1 spiro atoms. The summed E-state index contributed by atoms with van der Waals surface area (Å²) in [4.78, 5) is 36.0. The lowest BCUT2D eigenvalue weighted by molar-refractivity contribution is -0.134. The average Bonchev–Trinajstić information content (AvgIpc) is 3.45. The van der Waals surface area contributed by atoms with Crippen molar-refractivity contribution in [1.82, 2.24) is 14.8 Å². The van der Waals surface area contributed by atoms with Crippen LogP contribution < -0.4 is 4.90 Å². The summed E-state index contributed by atoms with van der Waals surface area (Å²) in [6, 6.07) is 5.96. The minimum absolute atomic E-state index is 0.114. The molecular weight excluding hydrogens is 364 g/mol. The highest BCUT2D eigenvalue weighted by atomic mass is 16.2. The molecule has 1 saturated carbocycles. The lowest BCUT2D eigenvalue weighted by atomic mass is 9.90. The van der Waals surface area contributed by atoms with Gasteiger partial charge >= 0.3 is 0 Å². The van der Waals surface area contributed by atoms with Crippen molar-refractivity contribution < 1.29 is 9.59 Å². The predicted octanol–water partition coefficient (Wildman–Crippen LogP) is 2.57. The number of rotatable bonds is 4. The van der Waals surface area contributed by atoms with E-state index >= 15 is 0 Å². The predicted molar refractivity (Wildman–Crippen MR) is 113 cm³/mol. The number of nitrogens with zero attached hydrogens (tertiary/aromatic N) is 4. The molecule has 3 aliphatic rings. The standard InChI is InChI=1S/C23H32N4O2/c1-18(2)6-7-21(28)26-11-8-23(9-12-26)17-19(23)22(29)27-15-13-25(14-16-27)20-5-3-4-10-24-20/h3-7,10,18-19H,8-9,11-17H2,1-2H3. The molecule has 2 amide bonds. The van der Waals surface area contributed by atoms with Crippen LogP contribution in [0, 0.1) is 17.3 Å². The summed E-state index contributed by atoms with van der Waals surface area (Å²) in [5.74, 6) is 1.98. The number of allylic oxidation sites excluding steroid dienone is 1. The lowest BCUT2D eigenvalue weighted by Crippen LogP contribution is -2.50. The first-order valence-corrected chi connectivity index (χ1v) is 10.9. The zero-order chi connectivity index (χ0) is 20.4. The molecule has 0 N–H and O–H groups in total. The number of likely N-dealkylation sites (tertiary alicyclic amines) is 1. The third kappa shape index (κ3) is 4.31. The Morgan fingerprint density at radius 1 is 1.07 bits per heavy atom. The van der Waals surface area contributed by atoms with E-state index in [9.17, 15) is 9.59 Å². The number of piperidine rings is 1. The fourth-order valence-corrected chi connectivity index (χ4v) is 4.72. The quantitative estimate of drug-likeness (QED) is 0.734. The second-order valence-electron chi connectivity index (χ2n) is 9.05. The molecule has 6 heteroatoms. The highest BCUT2D eigenvalue weighted by Gasteiger charge is 2.59. The first-order valence-electron chi connectivity index (χ1n) is 10.9. The van der Waals surface area contributed by atoms with E-state index in [2.05, 4.69) is 23.7 Å². The molecule has 6 nitrogen and oxygen atoms in total. The Morgan fingerprint density at radius 3 is 2.41 bits per heavy atom. The Kier molecular flexibility index (Phi) is 5.61. The highest BCUT2D eigenvalue weighted by Crippen LogP contribution is 2.60. The first-order chi connectivity index (χ1) is 14.0. The molecule has 1 aromatic rings. The van der Waals surface area contributed by atoms with Gasteiger partial charge in [-0.3, -0.25) is 9.59 Å². The van der Waals surface area contributed by atoms with Gasteiger partial charge in [-0.2, -0.15) is 0 Å². The molecule has 1 aromatic heterocycles. The molecule has 1 atom stereocenters. The summed E-state index contributed by atoms with van der Waals surface area (Å²) >= 11 is 0. The SMILES string of the molecule is CC(C)C=CC(=O)N1CCC2(CC1)CC2C(=O)N1CCN(c2ccccn2)CC1. The number of anilines is 1. The van der Waals surface area contributed by atoms with Crippen LogP contribution in [0.5, 0.6) is 0 Å². The topological polar surface area (TPSA) is 56.8 Å². The van der Waals surface area contributed by atoms with Crippen LogP contribution in [0.2, 0.25) is 0 Å². The molecule has 2 saturated heterocycles. The molecule has 4 rings (SSSR count). The molecule has 1 aliphatic carbocycles. The first kappa shape index (κ1) is 19.9. The third-order valence-electron chi connectivity index (χ3n) is 6.75. The molecular formula is C23H32N4O2. The van der Waals surface area contributed by atoms with E-state index in [-0.39, 0.29) is 17.2 Å². The van der Waals surface area contributed by atoms with Gasteiger partial charge in [0.15, 0.2) is 0 Å². The Labute approximate surface area is 173 Å². The van der Waals surface area contributed by atoms with Gasteiger partial charge in [-0.25, -0.2) is 4.98 Å². The molecule has 0 aromatic carbocycles. The summed E-state index contributed by atoms with van der Waals surface area (Å²) in [7, 11) is 0. The Hall–Kier alpha value is -2.37. The van der Waals surface area contributed by atoms with Gasteiger partial charge in [0, 0.05) is 51.4 Å². The maximum atomic E-state index is 13.1. The van der Waals surface area contributed by atoms with E-state index in [1.54, 1.807) is 6.08 Å². The van der Waals surface area contributed by atoms with E-state index in [1.807, 2.05) is 40.3 Å². The number of hydrogen-bond acceptors (Lipinski definition) is 4. The summed E-state index contributed by atoms with van der Waals surface area (Å²) in [5.41, 5.74) is 0.147. The van der Waals surface area contributed by atoms with E-state index in [0.29, 0.717) is 11.8 Å². The van der Waals surface area contributed by atoms with Crippen molar-refractivity contribution in [3.63, 3.8) is 0 Å². The van der Waals surface area contributed by atoms with E-state index < -0.39 is 0 Å². The minimum atomic E-state index is 0.114. The smallest absolute Gasteiger partial charge is 0.246 e. The Bertz CT molecular complexity index is 760. The van der Waals surface area contributed by atoms with Crippen molar-refractivity contribution in [3.8, 4) is 0 Å². The molecule has 2 aliphatic heterocycles. The van der Waals surface area contributed by atoms with E-state index in [4.69, 9.17) is 0 Å². The van der Waals surface area contributed by atoms with Crippen LogP contribution in [0.25, 0.3) is 0 Å².